The first-order chi connectivity index (χ1) is 25.8. The molecule has 0 radical (unpaired) electrons. The molecule has 0 amide bonds. The molecule has 0 aliphatic rings. The molecule has 11 rings (SSSR count). The Morgan fingerprint density at radius 3 is 2.00 bits per heavy atom. The highest BCUT2D eigenvalue weighted by molar-refractivity contribution is 6.22. The lowest BCUT2D eigenvalue weighted by Crippen LogP contribution is -1.96. The summed E-state index contributed by atoms with van der Waals surface area (Å²) in [5.74, 6) is 0.661. The number of aromatic nitrogens is 3. The second-order valence-corrected chi connectivity index (χ2v) is 13.4. The maximum atomic E-state index is 6.49. The maximum Gasteiger partial charge on any atom is 0.161 e. The van der Waals surface area contributed by atoms with Gasteiger partial charge >= 0.3 is 0 Å². The van der Waals surface area contributed by atoms with E-state index in [0.29, 0.717) is 5.82 Å². The molecule has 0 bridgehead atoms. The van der Waals surface area contributed by atoms with Crippen molar-refractivity contribution in [3.63, 3.8) is 0 Å². The van der Waals surface area contributed by atoms with E-state index >= 15 is 0 Å². The fourth-order valence-electron chi connectivity index (χ4n) is 7.98. The van der Waals surface area contributed by atoms with Gasteiger partial charge in [0.25, 0.3) is 0 Å². The molecule has 0 spiro atoms. The Hall–Kier alpha value is -7.04. The Morgan fingerprint density at radius 1 is 0.423 bits per heavy atom. The fraction of sp³-hybridized carbons (Fsp3) is 0. The summed E-state index contributed by atoms with van der Waals surface area (Å²) in [5.41, 5.74) is 11.1. The Kier molecular flexibility index (Phi) is 6.22. The Labute approximate surface area is 298 Å². The number of fused-ring (bicyclic) bond motifs is 10. The van der Waals surface area contributed by atoms with Crippen LogP contribution in [0.2, 0.25) is 0 Å². The van der Waals surface area contributed by atoms with Gasteiger partial charge in [-0.3, -0.25) is 0 Å². The number of rotatable bonds is 4. The number of hydrogen-bond acceptors (Lipinski definition) is 3. The highest BCUT2D eigenvalue weighted by Gasteiger charge is 2.19. The lowest BCUT2D eigenvalue weighted by molar-refractivity contribution is 0.671. The summed E-state index contributed by atoms with van der Waals surface area (Å²) in [6, 6.07) is 62.0. The average molecular weight is 664 g/mol. The SMILES string of the molecule is c1ccc(-c2nc(-c3cccc(-c4ccc5c(c4)c4c6ccccc6ccc4n5-c4ccccc4)c3)nc3c2ccc2c4ccccc4oc23)cc1. The number of furan rings is 1. The van der Waals surface area contributed by atoms with Crippen LogP contribution < -0.4 is 0 Å². The van der Waals surface area contributed by atoms with E-state index in [1.807, 2.05) is 24.3 Å². The van der Waals surface area contributed by atoms with Crippen LogP contribution in [0.3, 0.4) is 0 Å². The Morgan fingerprint density at radius 2 is 1.12 bits per heavy atom. The van der Waals surface area contributed by atoms with E-state index in [9.17, 15) is 0 Å². The molecule has 0 N–H and O–H groups in total. The van der Waals surface area contributed by atoms with Gasteiger partial charge in [0.15, 0.2) is 11.4 Å². The highest BCUT2D eigenvalue weighted by atomic mass is 16.3. The zero-order valence-electron chi connectivity index (χ0n) is 28.0. The Balaban J connectivity index is 1.13. The van der Waals surface area contributed by atoms with Crippen LogP contribution in [0.25, 0.3) is 105 Å². The van der Waals surface area contributed by atoms with Crippen molar-refractivity contribution < 1.29 is 4.42 Å². The molecular formula is C48H29N3O. The molecule has 0 saturated carbocycles. The molecule has 0 saturated heterocycles. The molecule has 52 heavy (non-hydrogen) atoms. The second-order valence-electron chi connectivity index (χ2n) is 13.4. The second kappa shape index (κ2) is 11.2. The van der Waals surface area contributed by atoms with Gasteiger partial charge in [-0.1, -0.05) is 121 Å². The van der Waals surface area contributed by atoms with Crippen molar-refractivity contribution in [2.24, 2.45) is 0 Å². The van der Waals surface area contributed by atoms with E-state index in [4.69, 9.17) is 14.4 Å². The van der Waals surface area contributed by atoms with Gasteiger partial charge < -0.3 is 8.98 Å². The number of benzene rings is 8. The van der Waals surface area contributed by atoms with E-state index in [-0.39, 0.29) is 0 Å². The van der Waals surface area contributed by atoms with E-state index in [2.05, 4.69) is 156 Å². The minimum absolute atomic E-state index is 0.661. The first kappa shape index (κ1) is 28.8. The quantitative estimate of drug-likeness (QED) is 0.188. The third-order valence-corrected chi connectivity index (χ3v) is 10.4. The molecular weight excluding hydrogens is 635 g/mol. The number of hydrogen-bond donors (Lipinski definition) is 0. The highest BCUT2D eigenvalue weighted by Crippen LogP contribution is 2.40. The van der Waals surface area contributed by atoms with Gasteiger partial charge in [0.2, 0.25) is 0 Å². The van der Waals surface area contributed by atoms with Crippen molar-refractivity contribution in [1.82, 2.24) is 14.5 Å². The molecule has 0 aliphatic carbocycles. The largest absolute Gasteiger partial charge is 0.454 e. The summed E-state index contributed by atoms with van der Waals surface area (Å²) in [6.07, 6.45) is 0. The zero-order valence-corrected chi connectivity index (χ0v) is 28.0. The molecule has 3 heterocycles. The van der Waals surface area contributed by atoms with E-state index in [1.54, 1.807) is 0 Å². The molecule has 3 aromatic heterocycles. The first-order valence-electron chi connectivity index (χ1n) is 17.6. The van der Waals surface area contributed by atoms with E-state index < -0.39 is 0 Å². The minimum atomic E-state index is 0.661. The molecule has 4 heteroatoms. The maximum absolute atomic E-state index is 6.49. The molecule has 242 valence electrons. The van der Waals surface area contributed by atoms with Crippen LogP contribution >= 0.6 is 0 Å². The van der Waals surface area contributed by atoms with Crippen LogP contribution in [-0.2, 0) is 0 Å². The monoisotopic (exact) mass is 663 g/mol. The summed E-state index contributed by atoms with van der Waals surface area (Å²) in [7, 11) is 0. The van der Waals surface area contributed by atoms with Crippen molar-refractivity contribution >= 4 is 65.4 Å². The summed E-state index contributed by atoms with van der Waals surface area (Å²) >= 11 is 0. The first-order valence-corrected chi connectivity index (χ1v) is 17.6. The molecule has 0 atom stereocenters. The van der Waals surface area contributed by atoms with Crippen LogP contribution in [0.15, 0.2) is 180 Å². The van der Waals surface area contributed by atoms with Crippen molar-refractivity contribution in [3.8, 4) is 39.5 Å². The van der Waals surface area contributed by atoms with Crippen LogP contribution in [0.1, 0.15) is 0 Å². The topological polar surface area (TPSA) is 43.9 Å². The average Bonchev–Trinajstić information content (AvgIpc) is 3.77. The van der Waals surface area contributed by atoms with E-state index in [1.165, 1.54) is 32.6 Å². The van der Waals surface area contributed by atoms with Gasteiger partial charge in [-0.05, 0) is 76.5 Å². The van der Waals surface area contributed by atoms with Gasteiger partial charge in [0.1, 0.15) is 11.1 Å². The van der Waals surface area contributed by atoms with Crippen LogP contribution in [-0.4, -0.2) is 14.5 Å². The van der Waals surface area contributed by atoms with Gasteiger partial charge in [0.05, 0.1) is 16.7 Å². The zero-order chi connectivity index (χ0) is 34.2. The number of para-hydroxylation sites is 2. The molecule has 11 aromatic rings. The van der Waals surface area contributed by atoms with Crippen LogP contribution in [0.4, 0.5) is 0 Å². The van der Waals surface area contributed by atoms with E-state index in [0.717, 1.165) is 66.5 Å². The van der Waals surface area contributed by atoms with Crippen LogP contribution in [0, 0.1) is 0 Å². The lowest BCUT2D eigenvalue weighted by Gasteiger charge is -2.11. The summed E-state index contributed by atoms with van der Waals surface area (Å²) < 4.78 is 8.87. The standard InChI is InChI=1S/C48H29N3O/c1-3-13-31(14-4-1)45-39-25-24-38-37-20-9-10-21-43(37)52-47(38)46(39)50-48(49-45)34-16-11-15-32(28-34)33-23-26-41-40(29-33)44-36-19-8-7-12-30(36)22-27-42(44)51(41)35-17-5-2-6-18-35/h1-29H. The van der Waals surface area contributed by atoms with Gasteiger partial charge in [-0.15, -0.1) is 0 Å². The predicted molar refractivity (Wildman–Crippen MR) is 215 cm³/mol. The smallest absolute Gasteiger partial charge is 0.161 e. The van der Waals surface area contributed by atoms with Crippen molar-refractivity contribution in [2.75, 3.05) is 0 Å². The number of nitrogens with zero attached hydrogens (tertiary/aromatic N) is 3. The molecule has 0 aliphatic heterocycles. The molecule has 4 nitrogen and oxygen atoms in total. The molecule has 0 fully saturated rings. The summed E-state index contributed by atoms with van der Waals surface area (Å²) in [6.45, 7) is 0. The fourth-order valence-corrected chi connectivity index (χ4v) is 7.98. The van der Waals surface area contributed by atoms with Crippen molar-refractivity contribution in [1.29, 1.82) is 0 Å². The van der Waals surface area contributed by atoms with Gasteiger partial charge in [0, 0.05) is 43.7 Å². The molecule has 8 aromatic carbocycles. The third-order valence-electron chi connectivity index (χ3n) is 10.4. The van der Waals surface area contributed by atoms with Crippen molar-refractivity contribution in [2.45, 2.75) is 0 Å². The van der Waals surface area contributed by atoms with Gasteiger partial charge in [-0.2, -0.15) is 0 Å². The summed E-state index contributed by atoms with van der Waals surface area (Å²) in [5, 5.41) is 8.06. The minimum Gasteiger partial charge on any atom is -0.454 e. The predicted octanol–water partition coefficient (Wildman–Crippen LogP) is 12.8. The van der Waals surface area contributed by atoms with Crippen LogP contribution in [0.5, 0.6) is 0 Å². The Bertz CT molecular complexity index is 3180. The lowest BCUT2D eigenvalue weighted by atomic mass is 9.98. The van der Waals surface area contributed by atoms with Gasteiger partial charge in [-0.25, -0.2) is 9.97 Å². The normalized spacial score (nSPS) is 11.8. The molecule has 0 unspecified atom stereocenters. The van der Waals surface area contributed by atoms with Crippen molar-refractivity contribution in [3.05, 3.63) is 176 Å². The third kappa shape index (κ3) is 4.34. The summed E-state index contributed by atoms with van der Waals surface area (Å²) in [4.78, 5) is 10.5.